The van der Waals surface area contributed by atoms with Crippen LogP contribution in [0.2, 0.25) is 0 Å². The van der Waals surface area contributed by atoms with Crippen molar-refractivity contribution in [3.8, 4) is 0 Å². The van der Waals surface area contributed by atoms with Crippen molar-refractivity contribution in [2.24, 2.45) is 5.92 Å². The number of likely N-dealkylation sites (N-methyl/N-ethyl adjacent to an activating group) is 1. The fourth-order valence-corrected chi connectivity index (χ4v) is 3.81. The molecule has 0 spiro atoms. The highest BCUT2D eigenvalue weighted by Gasteiger charge is 2.48. The van der Waals surface area contributed by atoms with Gasteiger partial charge in [-0.3, -0.25) is 9.78 Å². The predicted molar refractivity (Wildman–Crippen MR) is 78.2 cm³/mol. The third kappa shape index (κ3) is 1.94. The number of aromatic nitrogens is 1. The third-order valence-corrected chi connectivity index (χ3v) is 5.03. The van der Waals surface area contributed by atoms with Crippen molar-refractivity contribution in [3.05, 3.63) is 27.6 Å². The van der Waals surface area contributed by atoms with Gasteiger partial charge in [-0.25, -0.2) is 0 Å². The molecule has 1 saturated carbocycles. The van der Waals surface area contributed by atoms with E-state index in [2.05, 4.69) is 27.6 Å². The molecule has 3 nitrogen and oxygen atoms in total. The first-order valence-electron chi connectivity index (χ1n) is 6.56. The number of carbonyl (C=O) groups is 1. The Kier molecular flexibility index (Phi) is 3.30. The van der Waals surface area contributed by atoms with Crippen molar-refractivity contribution in [1.29, 1.82) is 0 Å². The van der Waals surface area contributed by atoms with Crippen LogP contribution >= 0.6 is 22.6 Å². The van der Waals surface area contributed by atoms with Crippen LogP contribution in [0.1, 0.15) is 37.3 Å². The molecule has 3 rings (SSSR count). The van der Waals surface area contributed by atoms with E-state index in [1.165, 1.54) is 19.3 Å². The number of rotatable bonds is 1. The predicted octanol–water partition coefficient (Wildman–Crippen LogP) is 2.80. The largest absolute Gasteiger partial charge is 0.342 e. The van der Waals surface area contributed by atoms with E-state index in [0.29, 0.717) is 12.0 Å². The maximum Gasteiger partial charge on any atom is 0.232 e. The van der Waals surface area contributed by atoms with E-state index >= 15 is 0 Å². The van der Waals surface area contributed by atoms with Gasteiger partial charge in [0.15, 0.2) is 0 Å². The molecule has 1 aliphatic carbocycles. The Labute approximate surface area is 121 Å². The van der Waals surface area contributed by atoms with E-state index in [4.69, 9.17) is 0 Å². The Morgan fingerprint density at radius 1 is 1.33 bits per heavy atom. The highest BCUT2D eigenvalue weighted by molar-refractivity contribution is 14.1. The Morgan fingerprint density at radius 2 is 2.11 bits per heavy atom. The van der Waals surface area contributed by atoms with Crippen molar-refractivity contribution < 1.29 is 4.79 Å². The molecule has 1 aromatic heterocycles. The lowest BCUT2D eigenvalue weighted by molar-refractivity contribution is -0.128. The van der Waals surface area contributed by atoms with Crippen molar-refractivity contribution >= 4 is 28.5 Å². The van der Waals surface area contributed by atoms with Gasteiger partial charge >= 0.3 is 0 Å². The van der Waals surface area contributed by atoms with Gasteiger partial charge in [-0.15, -0.1) is 0 Å². The molecule has 1 aliphatic heterocycles. The molecule has 4 heteroatoms. The maximum absolute atomic E-state index is 12.4. The number of halogens is 1. The van der Waals surface area contributed by atoms with Crippen LogP contribution in [-0.2, 0) is 4.79 Å². The molecular weight excluding hydrogens is 339 g/mol. The molecule has 2 aliphatic rings. The summed E-state index contributed by atoms with van der Waals surface area (Å²) in [5.74, 6) is 0.738. The molecule has 1 amide bonds. The molecule has 0 N–H and O–H groups in total. The lowest BCUT2D eigenvalue weighted by atomic mass is 9.78. The Hall–Kier alpha value is -0.650. The summed E-state index contributed by atoms with van der Waals surface area (Å²) in [5, 5.41) is 0. The minimum Gasteiger partial charge on any atom is -0.342 e. The first-order valence-corrected chi connectivity index (χ1v) is 7.64. The summed E-state index contributed by atoms with van der Waals surface area (Å²) in [6.45, 7) is 0. The van der Waals surface area contributed by atoms with Gasteiger partial charge in [0.2, 0.25) is 5.91 Å². The number of amides is 1. The van der Waals surface area contributed by atoms with E-state index in [-0.39, 0.29) is 11.8 Å². The third-order valence-electron chi connectivity index (χ3n) is 4.39. The van der Waals surface area contributed by atoms with Crippen molar-refractivity contribution in [3.63, 3.8) is 0 Å². The smallest absolute Gasteiger partial charge is 0.232 e. The summed E-state index contributed by atoms with van der Waals surface area (Å²) in [4.78, 5) is 18.9. The Morgan fingerprint density at radius 3 is 2.83 bits per heavy atom. The summed E-state index contributed by atoms with van der Waals surface area (Å²) in [6, 6.07) is 4.51. The van der Waals surface area contributed by atoms with Gasteiger partial charge in [0, 0.05) is 22.9 Å². The van der Waals surface area contributed by atoms with Gasteiger partial charge in [0.25, 0.3) is 0 Å². The summed E-state index contributed by atoms with van der Waals surface area (Å²) in [6.07, 6.45) is 6.70. The number of likely N-dealkylation sites (tertiary alicyclic amines) is 1. The number of carbonyl (C=O) groups excluding carboxylic acids is 1. The second-order valence-corrected chi connectivity index (χ2v) is 6.59. The van der Waals surface area contributed by atoms with Gasteiger partial charge in [-0.1, -0.05) is 12.8 Å². The number of pyridine rings is 1. The highest BCUT2D eigenvalue weighted by Crippen LogP contribution is 2.44. The van der Waals surface area contributed by atoms with E-state index in [9.17, 15) is 4.79 Å². The number of hydrogen-bond donors (Lipinski definition) is 0. The quantitative estimate of drug-likeness (QED) is 0.725. The standard InChI is InChI=1S/C14H17IN2O/c1-17-12-5-3-2-4-10(12)13(14(17)18)11-7-6-9(15)8-16-11/h6-8,10,12-13H,2-5H2,1H3/t10-,12+,13?/m1/s1. The maximum atomic E-state index is 12.4. The topological polar surface area (TPSA) is 33.2 Å². The van der Waals surface area contributed by atoms with Crippen LogP contribution in [0, 0.1) is 9.49 Å². The molecule has 18 heavy (non-hydrogen) atoms. The first kappa shape index (κ1) is 12.4. The van der Waals surface area contributed by atoms with E-state index in [0.717, 1.165) is 15.7 Å². The fraction of sp³-hybridized carbons (Fsp3) is 0.571. The summed E-state index contributed by atoms with van der Waals surface area (Å²) in [7, 11) is 1.96. The molecule has 1 saturated heterocycles. The molecule has 2 fully saturated rings. The number of nitrogens with zero attached hydrogens (tertiary/aromatic N) is 2. The second-order valence-electron chi connectivity index (χ2n) is 5.34. The minimum atomic E-state index is -0.00250. The van der Waals surface area contributed by atoms with Gasteiger partial charge < -0.3 is 4.90 Å². The molecule has 0 radical (unpaired) electrons. The molecule has 3 atom stereocenters. The zero-order chi connectivity index (χ0) is 12.7. The molecule has 96 valence electrons. The van der Waals surface area contributed by atoms with Crippen LogP contribution in [0.3, 0.4) is 0 Å². The Bertz CT molecular complexity index is 459. The van der Waals surface area contributed by atoms with Crippen LogP contribution in [-0.4, -0.2) is 28.9 Å². The zero-order valence-corrected chi connectivity index (χ0v) is 12.6. The number of hydrogen-bond acceptors (Lipinski definition) is 2. The molecule has 2 heterocycles. The van der Waals surface area contributed by atoms with Crippen LogP contribution < -0.4 is 0 Å². The minimum absolute atomic E-state index is 0.00250. The molecule has 1 aromatic rings. The van der Waals surface area contributed by atoms with E-state index in [1.807, 2.05) is 30.3 Å². The molecular formula is C14H17IN2O. The van der Waals surface area contributed by atoms with E-state index < -0.39 is 0 Å². The lowest BCUT2D eigenvalue weighted by Crippen LogP contribution is -2.33. The average molecular weight is 356 g/mol. The van der Waals surface area contributed by atoms with E-state index in [1.54, 1.807) is 0 Å². The van der Waals surface area contributed by atoms with Crippen LogP contribution in [0.25, 0.3) is 0 Å². The van der Waals surface area contributed by atoms with Gasteiger partial charge in [0.1, 0.15) is 0 Å². The van der Waals surface area contributed by atoms with Gasteiger partial charge in [-0.05, 0) is 53.5 Å². The van der Waals surface area contributed by atoms with Gasteiger partial charge in [0.05, 0.1) is 11.6 Å². The average Bonchev–Trinajstić information content (AvgIpc) is 2.64. The van der Waals surface area contributed by atoms with Crippen LogP contribution in [0.5, 0.6) is 0 Å². The lowest BCUT2D eigenvalue weighted by Gasteiger charge is -2.29. The van der Waals surface area contributed by atoms with Crippen molar-refractivity contribution in [1.82, 2.24) is 9.88 Å². The molecule has 0 aromatic carbocycles. The molecule has 0 bridgehead atoms. The highest BCUT2D eigenvalue weighted by atomic mass is 127. The second kappa shape index (κ2) is 4.79. The monoisotopic (exact) mass is 356 g/mol. The van der Waals surface area contributed by atoms with Crippen molar-refractivity contribution in [2.75, 3.05) is 7.05 Å². The zero-order valence-electron chi connectivity index (χ0n) is 10.5. The van der Waals surface area contributed by atoms with Gasteiger partial charge in [-0.2, -0.15) is 0 Å². The number of fused-ring (bicyclic) bond motifs is 1. The van der Waals surface area contributed by atoms with Crippen LogP contribution in [0.4, 0.5) is 0 Å². The Balaban J connectivity index is 1.95. The van der Waals surface area contributed by atoms with Crippen LogP contribution in [0.15, 0.2) is 18.3 Å². The molecule has 1 unspecified atom stereocenters. The summed E-state index contributed by atoms with van der Waals surface area (Å²) < 4.78 is 1.12. The normalized spacial score (nSPS) is 31.6. The SMILES string of the molecule is CN1C(=O)C(c2ccc(I)cn2)[C@@H]2CCCC[C@@H]21. The fourth-order valence-electron chi connectivity index (χ4n) is 3.49. The summed E-state index contributed by atoms with van der Waals surface area (Å²) in [5.41, 5.74) is 0.960. The van der Waals surface area contributed by atoms with Crippen molar-refractivity contribution in [2.45, 2.75) is 37.6 Å². The summed E-state index contributed by atoms with van der Waals surface area (Å²) >= 11 is 2.25. The first-order chi connectivity index (χ1) is 8.68.